The van der Waals surface area contributed by atoms with Crippen molar-refractivity contribution >= 4 is 17.9 Å². The third kappa shape index (κ3) is 3.43. The maximum atomic E-state index is 11.2. The van der Waals surface area contributed by atoms with Crippen molar-refractivity contribution < 1.29 is 13.9 Å². The molecular formula is C12H18N2O3S. The summed E-state index contributed by atoms with van der Waals surface area (Å²) in [4.78, 5) is 13.5. The summed E-state index contributed by atoms with van der Waals surface area (Å²) in [7, 11) is 1.37. The number of nitrogens with one attached hydrogen (secondary N) is 1. The number of ether oxygens (including phenoxy) is 1. The van der Waals surface area contributed by atoms with Crippen molar-refractivity contribution in [2.24, 2.45) is 0 Å². The van der Waals surface area contributed by atoms with Crippen LogP contribution in [0.2, 0.25) is 0 Å². The second-order valence-corrected chi connectivity index (χ2v) is 5.28. The van der Waals surface area contributed by atoms with Gasteiger partial charge in [0.2, 0.25) is 0 Å². The Hall–Kier alpha value is -1.14. The van der Waals surface area contributed by atoms with Gasteiger partial charge in [-0.1, -0.05) is 0 Å². The van der Waals surface area contributed by atoms with E-state index in [9.17, 15) is 4.79 Å². The molecule has 0 bridgehead atoms. The van der Waals surface area contributed by atoms with E-state index < -0.39 is 6.09 Å². The van der Waals surface area contributed by atoms with E-state index in [1.807, 2.05) is 23.9 Å². The van der Waals surface area contributed by atoms with E-state index in [0.29, 0.717) is 6.54 Å². The monoisotopic (exact) mass is 270 g/mol. The first-order valence-corrected chi connectivity index (χ1v) is 7.13. The standard InChI is InChI=1S/C12H18N2O3S/c1-16-12(15)13-9-10(11-3-2-6-17-11)14-4-7-18-8-5-14/h2-3,6,10H,4-5,7-9H2,1H3,(H,13,15). The average Bonchev–Trinajstić information content (AvgIpc) is 2.94. The minimum atomic E-state index is -0.405. The van der Waals surface area contributed by atoms with E-state index in [1.165, 1.54) is 7.11 Å². The minimum Gasteiger partial charge on any atom is -0.468 e. The van der Waals surface area contributed by atoms with Gasteiger partial charge in [-0.05, 0) is 12.1 Å². The third-order valence-electron chi connectivity index (χ3n) is 2.98. The zero-order valence-electron chi connectivity index (χ0n) is 10.4. The first kappa shape index (κ1) is 13.3. The van der Waals surface area contributed by atoms with Crippen LogP contribution in [0.15, 0.2) is 22.8 Å². The van der Waals surface area contributed by atoms with Crippen molar-refractivity contribution in [3.8, 4) is 0 Å². The number of alkyl carbamates (subject to hydrolysis) is 1. The van der Waals surface area contributed by atoms with Crippen LogP contribution in [0.3, 0.4) is 0 Å². The van der Waals surface area contributed by atoms with Gasteiger partial charge in [0.1, 0.15) is 5.76 Å². The van der Waals surface area contributed by atoms with Gasteiger partial charge in [0.15, 0.2) is 0 Å². The number of hydrogen-bond donors (Lipinski definition) is 1. The molecule has 1 atom stereocenters. The quantitative estimate of drug-likeness (QED) is 0.903. The SMILES string of the molecule is COC(=O)NCC(c1ccco1)N1CCSCC1. The highest BCUT2D eigenvalue weighted by Crippen LogP contribution is 2.24. The Kier molecular flexibility index (Phi) is 4.95. The number of hydrogen-bond acceptors (Lipinski definition) is 5. The van der Waals surface area contributed by atoms with E-state index in [4.69, 9.17) is 4.42 Å². The molecule has 1 fully saturated rings. The molecule has 18 heavy (non-hydrogen) atoms. The lowest BCUT2D eigenvalue weighted by Gasteiger charge is -2.33. The number of carbonyl (C=O) groups is 1. The van der Waals surface area contributed by atoms with E-state index in [1.54, 1.807) is 6.26 Å². The van der Waals surface area contributed by atoms with Gasteiger partial charge in [-0.25, -0.2) is 4.79 Å². The van der Waals surface area contributed by atoms with E-state index in [2.05, 4.69) is 15.0 Å². The molecule has 0 radical (unpaired) electrons. The van der Waals surface area contributed by atoms with Gasteiger partial charge < -0.3 is 14.5 Å². The van der Waals surface area contributed by atoms with Gasteiger partial charge >= 0.3 is 6.09 Å². The average molecular weight is 270 g/mol. The highest BCUT2D eigenvalue weighted by molar-refractivity contribution is 7.99. The van der Waals surface area contributed by atoms with Crippen LogP contribution in [0.1, 0.15) is 11.8 Å². The van der Waals surface area contributed by atoms with E-state index in [-0.39, 0.29) is 6.04 Å². The van der Waals surface area contributed by atoms with Gasteiger partial charge in [0.25, 0.3) is 0 Å². The van der Waals surface area contributed by atoms with Crippen molar-refractivity contribution in [1.29, 1.82) is 0 Å². The van der Waals surface area contributed by atoms with Crippen molar-refractivity contribution in [3.63, 3.8) is 0 Å². The van der Waals surface area contributed by atoms with Crippen LogP contribution in [-0.4, -0.2) is 49.2 Å². The zero-order valence-corrected chi connectivity index (χ0v) is 11.2. The Bertz CT molecular complexity index is 363. The lowest BCUT2D eigenvalue weighted by Crippen LogP contribution is -2.41. The fourth-order valence-corrected chi connectivity index (χ4v) is 2.96. The minimum absolute atomic E-state index is 0.0833. The number of carbonyl (C=O) groups excluding carboxylic acids is 1. The molecule has 1 unspecified atom stereocenters. The molecule has 0 saturated carbocycles. The molecule has 0 spiro atoms. The third-order valence-corrected chi connectivity index (χ3v) is 3.93. The smallest absolute Gasteiger partial charge is 0.406 e. The Balaban J connectivity index is 2.00. The van der Waals surface area contributed by atoms with Gasteiger partial charge in [0, 0.05) is 31.1 Å². The molecule has 5 nitrogen and oxygen atoms in total. The summed E-state index contributed by atoms with van der Waals surface area (Å²) >= 11 is 1.96. The molecule has 1 saturated heterocycles. The molecule has 1 aromatic heterocycles. The normalized spacial score (nSPS) is 18.3. The Morgan fingerprint density at radius 2 is 2.39 bits per heavy atom. The Labute approximate surface area is 111 Å². The highest BCUT2D eigenvalue weighted by atomic mass is 32.2. The number of nitrogens with zero attached hydrogens (tertiary/aromatic N) is 1. The summed E-state index contributed by atoms with van der Waals surface area (Å²) < 4.78 is 10.1. The second kappa shape index (κ2) is 6.70. The fourth-order valence-electron chi connectivity index (χ4n) is 2.03. The van der Waals surface area contributed by atoms with Crippen molar-refractivity contribution in [1.82, 2.24) is 10.2 Å². The lowest BCUT2D eigenvalue weighted by molar-refractivity contribution is 0.155. The Morgan fingerprint density at radius 1 is 1.61 bits per heavy atom. The molecule has 2 rings (SSSR count). The zero-order chi connectivity index (χ0) is 12.8. The number of thioether (sulfide) groups is 1. The van der Waals surface area contributed by atoms with Crippen LogP contribution in [0.5, 0.6) is 0 Å². The summed E-state index contributed by atoms with van der Waals surface area (Å²) in [5.41, 5.74) is 0. The van der Waals surface area contributed by atoms with E-state index >= 15 is 0 Å². The van der Waals surface area contributed by atoms with Crippen LogP contribution in [0.4, 0.5) is 4.79 Å². The maximum Gasteiger partial charge on any atom is 0.406 e. The molecule has 6 heteroatoms. The van der Waals surface area contributed by atoms with Crippen LogP contribution in [0, 0.1) is 0 Å². The largest absolute Gasteiger partial charge is 0.468 e. The predicted octanol–water partition coefficient (Wildman–Crippen LogP) is 1.73. The first-order chi connectivity index (χ1) is 8.81. The molecule has 1 N–H and O–H groups in total. The second-order valence-electron chi connectivity index (χ2n) is 4.05. The van der Waals surface area contributed by atoms with Gasteiger partial charge in [-0.3, -0.25) is 4.90 Å². The molecule has 2 heterocycles. The Morgan fingerprint density at radius 3 is 3.00 bits per heavy atom. The molecule has 1 aliphatic heterocycles. The molecule has 1 aromatic rings. The first-order valence-electron chi connectivity index (χ1n) is 5.98. The number of rotatable bonds is 4. The summed E-state index contributed by atoms with van der Waals surface area (Å²) in [6.45, 7) is 2.53. The molecular weight excluding hydrogens is 252 g/mol. The van der Waals surface area contributed by atoms with Crippen molar-refractivity contribution in [2.75, 3.05) is 38.2 Å². The summed E-state index contributed by atoms with van der Waals surface area (Å²) in [6, 6.07) is 3.91. The van der Waals surface area contributed by atoms with Crippen molar-refractivity contribution in [3.05, 3.63) is 24.2 Å². The highest BCUT2D eigenvalue weighted by Gasteiger charge is 2.25. The molecule has 1 amide bonds. The topological polar surface area (TPSA) is 54.7 Å². The summed E-state index contributed by atoms with van der Waals surface area (Å²) in [5.74, 6) is 3.13. The number of furan rings is 1. The molecule has 0 aromatic carbocycles. The van der Waals surface area contributed by atoms with E-state index in [0.717, 1.165) is 30.4 Å². The fraction of sp³-hybridized carbons (Fsp3) is 0.583. The summed E-state index contributed by atoms with van der Waals surface area (Å²) in [5, 5.41) is 2.75. The summed E-state index contributed by atoms with van der Waals surface area (Å²) in [6.07, 6.45) is 1.26. The lowest BCUT2D eigenvalue weighted by atomic mass is 10.2. The predicted molar refractivity (Wildman–Crippen MR) is 70.8 cm³/mol. The maximum absolute atomic E-state index is 11.2. The molecule has 0 aliphatic carbocycles. The van der Waals surface area contributed by atoms with Crippen LogP contribution in [-0.2, 0) is 4.74 Å². The molecule has 100 valence electrons. The molecule has 1 aliphatic rings. The van der Waals surface area contributed by atoms with Gasteiger partial charge in [0.05, 0.1) is 19.4 Å². The van der Waals surface area contributed by atoms with Crippen molar-refractivity contribution in [2.45, 2.75) is 6.04 Å². The van der Waals surface area contributed by atoms with Gasteiger partial charge in [-0.15, -0.1) is 0 Å². The van der Waals surface area contributed by atoms with Crippen LogP contribution in [0.25, 0.3) is 0 Å². The van der Waals surface area contributed by atoms with Gasteiger partial charge in [-0.2, -0.15) is 11.8 Å². The number of amides is 1. The number of methoxy groups -OCH3 is 1. The van der Waals surface area contributed by atoms with Crippen LogP contribution < -0.4 is 5.32 Å². The van der Waals surface area contributed by atoms with Crippen LogP contribution >= 0.6 is 11.8 Å².